The van der Waals surface area contributed by atoms with Crippen molar-refractivity contribution in [3.63, 3.8) is 0 Å². The number of hydrogen-bond acceptors (Lipinski definition) is 8. The number of aliphatic hydroxyl groups excluding tert-OH is 2. The van der Waals surface area contributed by atoms with Crippen LogP contribution in [-0.4, -0.2) is 63.6 Å². The van der Waals surface area contributed by atoms with Crippen LogP contribution in [0.25, 0.3) is 22.0 Å². The van der Waals surface area contributed by atoms with Crippen molar-refractivity contribution in [2.45, 2.75) is 13.1 Å². The predicted octanol–water partition coefficient (Wildman–Crippen LogP) is 2.41. The fourth-order valence-corrected chi connectivity index (χ4v) is 4.25. The first-order chi connectivity index (χ1) is 18.0. The van der Waals surface area contributed by atoms with Gasteiger partial charge in [0.2, 0.25) is 5.95 Å². The average Bonchev–Trinajstić information content (AvgIpc) is 3.37. The molecule has 0 saturated heterocycles. The van der Waals surface area contributed by atoms with Gasteiger partial charge in [0.15, 0.2) is 6.29 Å². The predicted molar refractivity (Wildman–Crippen MR) is 142 cm³/mol. The third-order valence-electron chi connectivity index (χ3n) is 6.02. The summed E-state index contributed by atoms with van der Waals surface area (Å²) < 4.78 is 0. The number of amides is 1. The zero-order valence-corrected chi connectivity index (χ0v) is 20.3. The van der Waals surface area contributed by atoms with Gasteiger partial charge in [-0.25, -0.2) is 9.97 Å². The van der Waals surface area contributed by atoms with E-state index in [1.54, 1.807) is 17.0 Å². The van der Waals surface area contributed by atoms with Crippen LogP contribution in [0.15, 0.2) is 66.7 Å². The summed E-state index contributed by atoms with van der Waals surface area (Å²) in [5, 5.41) is 19.7. The topological polar surface area (TPSA) is 142 Å². The van der Waals surface area contributed by atoms with Crippen molar-refractivity contribution in [2.75, 3.05) is 32.0 Å². The minimum atomic E-state index is -0.189. The molecule has 0 fully saturated rings. The summed E-state index contributed by atoms with van der Waals surface area (Å²) in [6.45, 7) is 2.49. The Kier molecular flexibility index (Phi) is 8.52. The standard InChI is InChI=1S/C24H18N4O2.C4H11NO2/c25-24-26-21-10-9-15(19-8-4-3-7-18(19)14-29)11-20(21)22(27-24)23(30)28-12-16-5-1-2-6-17(16)13-28;6-3-1-5-2-4-7/h1-11,14H,12-13H2,(H2,25,26,27);5-7H,1-4H2. The first-order valence-corrected chi connectivity index (χ1v) is 12.0. The summed E-state index contributed by atoms with van der Waals surface area (Å²) >= 11 is 0. The van der Waals surface area contributed by atoms with Crippen LogP contribution in [0.3, 0.4) is 0 Å². The van der Waals surface area contributed by atoms with Crippen LogP contribution >= 0.6 is 0 Å². The molecule has 1 aliphatic rings. The van der Waals surface area contributed by atoms with E-state index in [0.717, 1.165) is 28.5 Å². The molecule has 37 heavy (non-hydrogen) atoms. The molecule has 0 radical (unpaired) electrons. The number of carbonyl (C=O) groups is 2. The number of aliphatic hydroxyl groups is 2. The van der Waals surface area contributed by atoms with E-state index >= 15 is 0 Å². The van der Waals surface area contributed by atoms with Crippen LogP contribution in [0.2, 0.25) is 0 Å². The van der Waals surface area contributed by atoms with Gasteiger partial charge in [-0.3, -0.25) is 9.59 Å². The second-order valence-electron chi connectivity index (χ2n) is 8.49. The summed E-state index contributed by atoms with van der Waals surface area (Å²) in [5.41, 5.74) is 11.2. The van der Waals surface area contributed by atoms with Crippen LogP contribution in [0, 0.1) is 0 Å². The minimum Gasteiger partial charge on any atom is -0.395 e. The van der Waals surface area contributed by atoms with E-state index in [4.69, 9.17) is 15.9 Å². The summed E-state index contributed by atoms with van der Waals surface area (Å²) in [5.74, 6) is -0.130. The first kappa shape index (κ1) is 25.9. The zero-order chi connectivity index (χ0) is 26.2. The minimum absolute atomic E-state index is 0.0589. The van der Waals surface area contributed by atoms with Crippen molar-refractivity contribution in [3.8, 4) is 11.1 Å². The number of anilines is 1. The van der Waals surface area contributed by atoms with Crippen molar-refractivity contribution in [3.05, 3.63) is 89.1 Å². The van der Waals surface area contributed by atoms with E-state index in [0.29, 0.717) is 42.6 Å². The van der Waals surface area contributed by atoms with Crippen LogP contribution < -0.4 is 11.1 Å². The SMILES string of the molecule is Nc1nc(C(=O)N2Cc3ccccc3C2)c2cc(-c3ccccc3C=O)ccc2n1.OCCNCCO. The molecule has 4 aromatic rings. The molecule has 5 N–H and O–H groups in total. The molecule has 2 heterocycles. The van der Waals surface area contributed by atoms with Crippen LogP contribution in [-0.2, 0) is 13.1 Å². The number of fused-ring (bicyclic) bond motifs is 2. The lowest BCUT2D eigenvalue weighted by Crippen LogP contribution is -2.27. The van der Waals surface area contributed by atoms with Gasteiger partial charge in [0, 0.05) is 37.1 Å². The zero-order valence-electron chi connectivity index (χ0n) is 20.3. The second-order valence-corrected chi connectivity index (χ2v) is 8.49. The van der Waals surface area contributed by atoms with E-state index in [1.165, 1.54) is 0 Å². The first-order valence-electron chi connectivity index (χ1n) is 12.0. The third kappa shape index (κ3) is 5.97. The third-order valence-corrected chi connectivity index (χ3v) is 6.02. The van der Waals surface area contributed by atoms with Gasteiger partial charge in [-0.2, -0.15) is 0 Å². The van der Waals surface area contributed by atoms with Crippen LogP contribution in [0.1, 0.15) is 32.0 Å². The number of hydrogen-bond donors (Lipinski definition) is 4. The van der Waals surface area contributed by atoms with E-state index in [2.05, 4.69) is 15.3 Å². The Morgan fingerprint density at radius 1 is 0.946 bits per heavy atom. The van der Waals surface area contributed by atoms with Crippen molar-refractivity contribution < 1.29 is 19.8 Å². The van der Waals surface area contributed by atoms with Crippen LogP contribution in [0.4, 0.5) is 5.95 Å². The second kappa shape index (κ2) is 12.2. The average molecular weight is 500 g/mol. The van der Waals surface area contributed by atoms with Crippen LogP contribution in [0.5, 0.6) is 0 Å². The molecule has 3 aromatic carbocycles. The molecule has 0 unspecified atom stereocenters. The lowest BCUT2D eigenvalue weighted by molar-refractivity contribution is 0.0747. The largest absolute Gasteiger partial charge is 0.395 e. The van der Waals surface area contributed by atoms with Crippen molar-refractivity contribution in [2.24, 2.45) is 0 Å². The lowest BCUT2D eigenvalue weighted by atomic mass is 9.98. The Balaban J connectivity index is 0.000000405. The number of rotatable bonds is 7. The maximum atomic E-state index is 13.4. The maximum Gasteiger partial charge on any atom is 0.273 e. The Labute approximate surface area is 214 Å². The quantitative estimate of drug-likeness (QED) is 0.224. The smallest absolute Gasteiger partial charge is 0.273 e. The van der Waals surface area contributed by atoms with Crippen molar-refractivity contribution in [1.82, 2.24) is 20.2 Å². The molecule has 9 heteroatoms. The van der Waals surface area contributed by atoms with Gasteiger partial charge >= 0.3 is 0 Å². The summed E-state index contributed by atoms with van der Waals surface area (Å²) in [7, 11) is 0. The monoisotopic (exact) mass is 499 g/mol. The summed E-state index contributed by atoms with van der Waals surface area (Å²) in [6, 6.07) is 20.9. The van der Waals surface area contributed by atoms with Gasteiger partial charge in [0.25, 0.3) is 5.91 Å². The molecule has 0 spiro atoms. The van der Waals surface area contributed by atoms with E-state index < -0.39 is 0 Å². The Bertz CT molecular complexity index is 1380. The number of nitrogen functional groups attached to an aromatic ring is 1. The normalized spacial score (nSPS) is 12.1. The maximum absolute atomic E-state index is 13.4. The number of carbonyl (C=O) groups excluding carboxylic acids is 2. The molecule has 9 nitrogen and oxygen atoms in total. The van der Waals surface area contributed by atoms with Gasteiger partial charge in [0.1, 0.15) is 5.69 Å². The summed E-state index contributed by atoms with van der Waals surface area (Å²) in [4.78, 5) is 35.2. The number of aldehydes is 1. The van der Waals surface area contributed by atoms with Crippen molar-refractivity contribution >= 4 is 29.0 Å². The van der Waals surface area contributed by atoms with E-state index in [1.807, 2.05) is 54.6 Å². The highest BCUT2D eigenvalue weighted by atomic mass is 16.3. The number of nitrogens with two attached hydrogens (primary N) is 1. The van der Waals surface area contributed by atoms with Gasteiger partial charge in [-0.1, -0.05) is 54.6 Å². The van der Waals surface area contributed by atoms with Gasteiger partial charge in [-0.15, -0.1) is 0 Å². The molecule has 1 amide bonds. The van der Waals surface area contributed by atoms with E-state index in [-0.39, 0.29) is 30.8 Å². The molecule has 190 valence electrons. The van der Waals surface area contributed by atoms with Gasteiger partial charge < -0.3 is 26.2 Å². The van der Waals surface area contributed by atoms with Gasteiger partial charge in [0.05, 0.1) is 18.7 Å². The number of aromatic nitrogens is 2. The fourth-order valence-electron chi connectivity index (χ4n) is 4.25. The lowest BCUT2D eigenvalue weighted by Gasteiger charge is -2.17. The number of nitrogens with one attached hydrogen (secondary N) is 1. The molecule has 0 bridgehead atoms. The Morgan fingerprint density at radius 2 is 1.59 bits per heavy atom. The molecule has 5 rings (SSSR count). The highest BCUT2D eigenvalue weighted by Gasteiger charge is 2.27. The fraction of sp³-hybridized carbons (Fsp3) is 0.214. The highest BCUT2D eigenvalue weighted by molar-refractivity contribution is 6.06. The number of nitrogens with zero attached hydrogens (tertiary/aromatic N) is 3. The highest BCUT2D eigenvalue weighted by Crippen LogP contribution is 2.30. The Hall–Kier alpha value is -4.18. The van der Waals surface area contributed by atoms with Crippen molar-refractivity contribution in [1.29, 1.82) is 0 Å². The van der Waals surface area contributed by atoms with Gasteiger partial charge in [-0.05, 0) is 34.4 Å². The molecular weight excluding hydrogens is 470 g/mol. The molecule has 0 saturated carbocycles. The Morgan fingerprint density at radius 3 is 2.24 bits per heavy atom. The molecular formula is C28H29N5O4. The summed E-state index contributed by atoms with van der Waals surface area (Å²) in [6.07, 6.45) is 0.826. The molecule has 0 atom stereocenters. The molecule has 0 aliphatic carbocycles. The molecule has 1 aromatic heterocycles. The molecule has 1 aliphatic heterocycles. The van der Waals surface area contributed by atoms with E-state index in [9.17, 15) is 9.59 Å². The number of benzene rings is 3.